The quantitative estimate of drug-likeness (QED) is 0.761. The summed E-state index contributed by atoms with van der Waals surface area (Å²) in [6.07, 6.45) is 1.80. The molecule has 1 aromatic heterocycles. The minimum absolute atomic E-state index is 0.751. The molecule has 0 aromatic carbocycles. The summed E-state index contributed by atoms with van der Waals surface area (Å²) in [5, 5.41) is 11.2. The van der Waals surface area contributed by atoms with Crippen LogP contribution in [0, 0.1) is 0 Å². The van der Waals surface area contributed by atoms with Crippen molar-refractivity contribution < 1.29 is 0 Å². The van der Waals surface area contributed by atoms with E-state index in [0.717, 1.165) is 24.0 Å². The van der Waals surface area contributed by atoms with Crippen LogP contribution in [-0.4, -0.2) is 44.4 Å². The molecule has 5 heteroatoms. The third-order valence-corrected chi connectivity index (χ3v) is 3.31. The average Bonchev–Trinajstić information content (AvgIpc) is 2.57. The van der Waals surface area contributed by atoms with E-state index in [1.807, 2.05) is 11.8 Å². The number of nitrogens with zero attached hydrogens (tertiary/aromatic N) is 3. The Balaban J connectivity index is 1.87. The van der Waals surface area contributed by atoms with E-state index < -0.39 is 0 Å². The maximum absolute atomic E-state index is 4.05. The van der Waals surface area contributed by atoms with Crippen molar-refractivity contribution in [3.63, 3.8) is 0 Å². The second-order valence-electron chi connectivity index (χ2n) is 3.38. The van der Waals surface area contributed by atoms with Crippen LogP contribution >= 0.6 is 11.8 Å². The molecule has 2 heterocycles. The number of aromatic amines is 1. The summed E-state index contributed by atoms with van der Waals surface area (Å²) >= 11 is 2.05. The van der Waals surface area contributed by atoms with Gasteiger partial charge in [0, 0.05) is 30.6 Å². The van der Waals surface area contributed by atoms with Crippen LogP contribution in [0.25, 0.3) is 0 Å². The molecule has 0 amide bonds. The molecule has 13 heavy (non-hydrogen) atoms. The molecule has 1 saturated heterocycles. The number of nitrogens with one attached hydrogen (secondary N) is 1. The number of thioether (sulfide) groups is 1. The van der Waals surface area contributed by atoms with Gasteiger partial charge >= 0.3 is 0 Å². The summed E-state index contributed by atoms with van der Waals surface area (Å²) in [6, 6.07) is 0. The Morgan fingerprint density at radius 2 is 2.69 bits per heavy atom. The van der Waals surface area contributed by atoms with Gasteiger partial charge in [0.2, 0.25) is 0 Å². The molecule has 72 valence electrons. The summed E-state index contributed by atoms with van der Waals surface area (Å²) in [5.41, 5.74) is 1.04. The fourth-order valence-corrected chi connectivity index (χ4v) is 2.65. The summed E-state index contributed by atoms with van der Waals surface area (Å²) in [5.74, 6) is 1.24. The van der Waals surface area contributed by atoms with E-state index in [4.69, 9.17) is 0 Å². The first-order valence-corrected chi connectivity index (χ1v) is 5.58. The molecular weight excluding hydrogens is 184 g/mol. The number of H-pyrrole nitrogens is 1. The predicted octanol–water partition coefficient (Wildman–Crippen LogP) is 0.742. The minimum atomic E-state index is 0.751. The zero-order chi connectivity index (χ0) is 9.10. The number of hydrogen-bond acceptors (Lipinski definition) is 4. The summed E-state index contributed by atoms with van der Waals surface area (Å²) in [6.45, 7) is 5.54. The second-order valence-corrected chi connectivity index (χ2v) is 4.92. The summed E-state index contributed by atoms with van der Waals surface area (Å²) in [4.78, 5) is 2.43. The zero-order valence-electron chi connectivity index (χ0n) is 7.73. The molecule has 1 fully saturated rings. The van der Waals surface area contributed by atoms with Crippen LogP contribution in [0.2, 0.25) is 0 Å². The smallest absolute Gasteiger partial charge is 0.0964 e. The van der Waals surface area contributed by atoms with Crippen molar-refractivity contribution in [3.8, 4) is 0 Å². The highest BCUT2D eigenvalue weighted by Gasteiger charge is 2.17. The lowest BCUT2D eigenvalue weighted by molar-refractivity contribution is 0.275. The predicted molar refractivity (Wildman–Crippen MR) is 53.6 cm³/mol. The molecule has 0 bridgehead atoms. The van der Waals surface area contributed by atoms with E-state index in [-0.39, 0.29) is 0 Å². The van der Waals surface area contributed by atoms with E-state index in [1.165, 1.54) is 12.3 Å². The van der Waals surface area contributed by atoms with Crippen molar-refractivity contribution in [2.45, 2.75) is 18.7 Å². The van der Waals surface area contributed by atoms with E-state index in [0.29, 0.717) is 0 Å². The van der Waals surface area contributed by atoms with Crippen LogP contribution in [0.5, 0.6) is 0 Å². The molecule has 1 aromatic rings. The van der Waals surface area contributed by atoms with Crippen molar-refractivity contribution in [2.24, 2.45) is 0 Å². The van der Waals surface area contributed by atoms with Crippen molar-refractivity contribution in [3.05, 3.63) is 11.9 Å². The van der Waals surface area contributed by atoms with Gasteiger partial charge in [0.05, 0.1) is 11.9 Å². The Bertz CT molecular complexity index is 249. The average molecular weight is 198 g/mol. The van der Waals surface area contributed by atoms with Crippen molar-refractivity contribution in [1.82, 2.24) is 20.3 Å². The van der Waals surface area contributed by atoms with Gasteiger partial charge in [0.15, 0.2) is 0 Å². The lowest BCUT2D eigenvalue weighted by Gasteiger charge is -2.29. The summed E-state index contributed by atoms with van der Waals surface area (Å²) in [7, 11) is 0. The molecule has 0 spiro atoms. The van der Waals surface area contributed by atoms with E-state index in [9.17, 15) is 0 Å². The standard InChI is InChI=1S/C8H14N4S/c1-7-5-12(2-3-13-7)6-8-4-9-11-10-8/h4,7H,2-3,5-6H2,1H3,(H,9,10,11). The van der Waals surface area contributed by atoms with Crippen molar-refractivity contribution >= 4 is 11.8 Å². The Hall–Kier alpha value is -0.550. The van der Waals surface area contributed by atoms with Gasteiger partial charge in [-0.2, -0.15) is 27.2 Å². The number of rotatable bonds is 2. The molecule has 1 aliphatic rings. The molecule has 0 saturated carbocycles. The number of hydrogen-bond donors (Lipinski definition) is 1. The van der Waals surface area contributed by atoms with Crippen LogP contribution in [0.1, 0.15) is 12.6 Å². The Morgan fingerprint density at radius 1 is 1.77 bits per heavy atom. The van der Waals surface area contributed by atoms with Gasteiger partial charge in [-0.25, -0.2) is 0 Å². The van der Waals surface area contributed by atoms with Gasteiger partial charge in [-0.05, 0) is 0 Å². The fourth-order valence-electron chi connectivity index (χ4n) is 1.56. The molecule has 0 aliphatic carbocycles. The van der Waals surface area contributed by atoms with Crippen LogP contribution in [0.15, 0.2) is 6.20 Å². The highest BCUT2D eigenvalue weighted by molar-refractivity contribution is 7.99. The molecule has 2 rings (SSSR count). The lowest BCUT2D eigenvalue weighted by Crippen LogP contribution is -2.36. The Labute approximate surface area is 82.1 Å². The van der Waals surface area contributed by atoms with E-state index >= 15 is 0 Å². The highest BCUT2D eigenvalue weighted by atomic mass is 32.2. The van der Waals surface area contributed by atoms with Crippen LogP contribution < -0.4 is 0 Å². The third-order valence-electron chi connectivity index (χ3n) is 2.18. The van der Waals surface area contributed by atoms with Crippen LogP contribution in [0.3, 0.4) is 0 Å². The first kappa shape index (κ1) is 9.02. The molecule has 1 aliphatic heterocycles. The van der Waals surface area contributed by atoms with Crippen LogP contribution in [0.4, 0.5) is 0 Å². The van der Waals surface area contributed by atoms with E-state index in [1.54, 1.807) is 6.20 Å². The first-order valence-electron chi connectivity index (χ1n) is 4.53. The Morgan fingerprint density at radius 3 is 3.38 bits per heavy atom. The second kappa shape index (κ2) is 4.11. The van der Waals surface area contributed by atoms with Gasteiger partial charge in [-0.1, -0.05) is 6.92 Å². The Kier molecular flexibility index (Phi) is 2.85. The van der Waals surface area contributed by atoms with Gasteiger partial charge in [0.1, 0.15) is 0 Å². The molecule has 1 unspecified atom stereocenters. The molecular formula is C8H14N4S. The minimum Gasteiger partial charge on any atom is -0.295 e. The zero-order valence-corrected chi connectivity index (χ0v) is 8.55. The van der Waals surface area contributed by atoms with Gasteiger partial charge in [0.25, 0.3) is 0 Å². The molecule has 0 radical (unpaired) electrons. The molecule has 1 atom stereocenters. The maximum atomic E-state index is 4.05. The first-order chi connectivity index (χ1) is 6.34. The van der Waals surface area contributed by atoms with Gasteiger partial charge < -0.3 is 0 Å². The lowest BCUT2D eigenvalue weighted by atomic mass is 10.3. The van der Waals surface area contributed by atoms with Crippen molar-refractivity contribution in [1.29, 1.82) is 0 Å². The third kappa shape index (κ3) is 2.45. The molecule has 1 N–H and O–H groups in total. The topological polar surface area (TPSA) is 44.8 Å². The highest BCUT2D eigenvalue weighted by Crippen LogP contribution is 2.18. The number of aromatic nitrogens is 3. The SMILES string of the molecule is CC1CN(Cc2cn[nH]n2)CCS1. The van der Waals surface area contributed by atoms with Gasteiger partial charge in [-0.15, -0.1) is 0 Å². The normalized spacial score (nSPS) is 24.8. The van der Waals surface area contributed by atoms with Crippen LogP contribution in [-0.2, 0) is 6.54 Å². The van der Waals surface area contributed by atoms with Crippen molar-refractivity contribution in [2.75, 3.05) is 18.8 Å². The van der Waals surface area contributed by atoms with E-state index in [2.05, 4.69) is 27.2 Å². The fraction of sp³-hybridized carbons (Fsp3) is 0.750. The van der Waals surface area contributed by atoms with Gasteiger partial charge in [-0.3, -0.25) is 4.90 Å². The largest absolute Gasteiger partial charge is 0.295 e. The monoisotopic (exact) mass is 198 g/mol. The molecule has 4 nitrogen and oxygen atoms in total. The maximum Gasteiger partial charge on any atom is 0.0964 e. The summed E-state index contributed by atoms with van der Waals surface area (Å²) < 4.78 is 0.